The minimum absolute atomic E-state index is 0.0113. The van der Waals surface area contributed by atoms with Crippen molar-refractivity contribution in [2.24, 2.45) is 4.99 Å². The lowest BCUT2D eigenvalue weighted by Crippen LogP contribution is -2.28. The number of hydrogen-bond acceptors (Lipinski definition) is 4. The van der Waals surface area contributed by atoms with Crippen LogP contribution >= 0.6 is 0 Å². The van der Waals surface area contributed by atoms with Gasteiger partial charge in [-0.05, 0) is 36.4 Å². The monoisotopic (exact) mass is 412 g/mol. The van der Waals surface area contributed by atoms with Crippen LogP contribution in [0, 0.1) is 0 Å². The van der Waals surface area contributed by atoms with Gasteiger partial charge in [-0.1, -0.05) is 30.3 Å². The highest BCUT2D eigenvalue weighted by atomic mass is 19.4. The van der Waals surface area contributed by atoms with Gasteiger partial charge in [0.1, 0.15) is 16.9 Å². The van der Waals surface area contributed by atoms with Crippen LogP contribution in [-0.4, -0.2) is 5.91 Å². The minimum atomic E-state index is -4.60. The molecule has 0 atom stereocenters. The van der Waals surface area contributed by atoms with Crippen LogP contribution in [0.25, 0.3) is 11.0 Å². The molecule has 0 aliphatic rings. The molecule has 0 unspecified atom stereocenters. The number of carbonyl (C=O) groups excluding carboxylic acids is 1. The predicted molar refractivity (Wildman–Crippen MR) is 103 cm³/mol. The molecule has 0 saturated carbocycles. The van der Waals surface area contributed by atoms with Gasteiger partial charge in [-0.25, -0.2) is 4.99 Å². The first-order valence-corrected chi connectivity index (χ1v) is 8.96. The third kappa shape index (κ3) is 4.12. The van der Waals surface area contributed by atoms with Gasteiger partial charge in [0.05, 0.1) is 24.1 Å². The summed E-state index contributed by atoms with van der Waals surface area (Å²) in [6.07, 6.45) is -3.12. The van der Waals surface area contributed by atoms with Crippen molar-refractivity contribution in [3.63, 3.8) is 0 Å². The van der Waals surface area contributed by atoms with Crippen LogP contribution in [0.2, 0.25) is 0 Å². The summed E-state index contributed by atoms with van der Waals surface area (Å²) in [7, 11) is 0. The van der Waals surface area contributed by atoms with Crippen molar-refractivity contribution < 1.29 is 26.8 Å². The quantitative estimate of drug-likeness (QED) is 0.501. The lowest BCUT2D eigenvalue weighted by Gasteiger charge is -2.10. The predicted octanol–water partition coefficient (Wildman–Crippen LogP) is 5.21. The fraction of sp³-hybridized carbons (Fsp3) is 0.0909. The van der Waals surface area contributed by atoms with Crippen LogP contribution in [0.15, 0.2) is 86.8 Å². The van der Waals surface area contributed by atoms with Crippen molar-refractivity contribution in [1.29, 1.82) is 0 Å². The summed E-state index contributed by atoms with van der Waals surface area (Å²) in [6.45, 7) is 0.108. The van der Waals surface area contributed by atoms with E-state index in [4.69, 9.17) is 8.83 Å². The lowest BCUT2D eigenvalue weighted by atomic mass is 10.1. The molecule has 2 heterocycles. The summed E-state index contributed by atoms with van der Waals surface area (Å²) < 4.78 is 51.0. The number of alkyl halides is 3. The van der Waals surface area contributed by atoms with E-state index in [1.165, 1.54) is 30.5 Å². The van der Waals surface area contributed by atoms with E-state index in [1.807, 2.05) is 0 Å². The van der Waals surface area contributed by atoms with Crippen molar-refractivity contribution in [2.45, 2.75) is 12.7 Å². The maximum atomic E-state index is 13.4. The average Bonchev–Trinajstić information content (AvgIpc) is 3.25. The van der Waals surface area contributed by atoms with Crippen LogP contribution in [0.5, 0.6) is 0 Å². The molecule has 30 heavy (non-hydrogen) atoms. The molecule has 0 aliphatic carbocycles. The molecule has 1 N–H and O–H groups in total. The summed E-state index contributed by atoms with van der Waals surface area (Å²) in [6, 6.07) is 16.6. The van der Waals surface area contributed by atoms with E-state index in [0.29, 0.717) is 16.7 Å². The first-order chi connectivity index (χ1) is 14.4. The lowest BCUT2D eigenvalue weighted by molar-refractivity contribution is -0.137. The number of hydrogen-bond donors (Lipinski definition) is 1. The number of carbonyl (C=O) groups is 1. The summed E-state index contributed by atoms with van der Waals surface area (Å²) in [4.78, 5) is 16.8. The van der Waals surface area contributed by atoms with Gasteiger partial charge in [0, 0.05) is 5.39 Å². The fourth-order valence-electron chi connectivity index (χ4n) is 2.91. The molecular weight excluding hydrogens is 397 g/mol. The maximum Gasteiger partial charge on any atom is 0.418 e. The highest BCUT2D eigenvalue weighted by Crippen LogP contribution is 2.35. The molecule has 0 bridgehead atoms. The molecule has 5 nitrogen and oxygen atoms in total. The fourth-order valence-corrected chi connectivity index (χ4v) is 2.91. The van der Waals surface area contributed by atoms with E-state index >= 15 is 0 Å². The van der Waals surface area contributed by atoms with Crippen LogP contribution in [-0.2, 0) is 12.7 Å². The number of rotatable bonds is 4. The molecule has 1 amide bonds. The second kappa shape index (κ2) is 7.90. The van der Waals surface area contributed by atoms with Crippen LogP contribution in [0.3, 0.4) is 0 Å². The number of amides is 1. The molecule has 0 aliphatic heterocycles. The zero-order chi connectivity index (χ0) is 21.1. The van der Waals surface area contributed by atoms with E-state index in [1.54, 1.807) is 36.4 Å². The minimum Gasteiger partial charge on any atom is -0.467 e. The Morgan fingerprint density at radius 3 is 2.53 bits per heavy atom. The van der Waals surface area contributed by atoms with Gasteiger partial charge >= 0.3 is 6.18 Å². The van der Waals surface area contributed by atoms with E-state index in [0.717, 1.165) is 6.07 Å². The Morgan fingerprint density at radius 2 is 1.77 bits per heavy atom. The van der Waals surface area contributed by atoms with Crippen molar-refractivity contribution >= 4 is 22.6 Å². The van der Waals surface area contributed by atoms with Gasteiger partial charge in [-0.3, -0.25) is 4.79 Å². The Hall–Kier alpha value is -3.81. The average molecular weight is 412 g/mol. The topological polar surface area (TPSA) is 67.7 Å². The molecule has 4 rings (SSSR count). The summed E-state index contributed by atoms with van der Waals surface area (Å²) in [5.74, 6) is -0.0221. The molecule has 152 valence electrons. The van der Waals surface area contributed by atoms with Crippen molar-refractivity contribution in [3.05, 3.63) is 95.4 Å². The van der Waals surface area contributed by atoms with Gasteiger partial charge in [0.15, 0.2) is 0 Å². The van der Waals surface area contributed by atoms with Crippen LogP contribution in [0.4, 0.5) is 18.9 Å². The second-order valence-electron chi connectivity index (χ2n) is 6.39. The molecule has 0 spiro atoms. The highest BCUT2D eigenvalue weighted by molar-refractivity contribution is 5.96. The normalized spacial score (nSPS) is 12.3. The Bertz CT molecular complexity index is 1260. The van der Waals surface area contributed by atoms with E-state index in [9.17, 15) is 18.0 Å². The summed E-state index contributed by atoms with van der Waals surface area (Å²) >= 11 is 0. The molecule has 4 aromatic rings. The number of fused-ring (bicyclic) bond motifs is 1. The molecule has 8 heteroatoms. The van der Waals surface area contributed by atoms with E-state index in [-0.39, 0.29) is 23.3 Å². The Balaban J connectivity index is 1.83. The van der Waals surface area contributed by atoms with Crippen molar-refractivity contribution in [2.75, 3.05) is 0 Å². The smallest absolute Gasteiger partial charge is 0.418 e. The molecular formula is C22H15F3N2O3. The number of furan rings is 1. The molecule has 0 radical (unpaired) electrons. The third-order valence-corrected chi connectivity index (χ3v) is 4.34. The zero-order valence-corrected chi connectivity index (χ0v) is 15.4. The number of nitrogens with zero attached hydrogens (tertiary/aromatic N) is 1. The summed E-state index contributed by atoms with van der Waals surface area (Å²) in [5, 5.41) is 3.28. The zero-order valence-electron chi connectivity index (χ0n) is 15.4. The Morgan fingerprint density at radius 1 is 1.00 bits per heavy atom. The highest BCUT2D eigenvalue weighted by Gasteiger charge is 2.33. The van der Waals surface area contributed by atoms with Gasteiger partial charge in [-0.2, -0.15) is 13.2 Å². The summed E-state index contributed by atoms with van der Waals surface area (Å²) in [5.41, 5.74) is -1.08. The van der Waals surface area contributed by atoms with Gasteiger partial charge < -0.3 is 14.2 Å². The number of nitrogens with one attached hydrogen (secondary N) is 1. The van der Waals surface area contributed by atoms with Crippen molar-refractivity contribution in [3.8, 4) is 0 Å². The molecule has 0 fully saturated rings. The SMILES string of the molecule is O=C(NCc1ccco1)c1cc2ccccc2oc1=Nc1ccccc1C(F)(F)F. The van der Waals surface area contributed by atoms with Gasteiger partial charge in [-0.15, -0.1) is 0 Å². The van der Waals surface area contributed by atoms with E-state index in [2.05, 4.69) is 10.3 Å². The van der Waals surface area contributed by atoms with Crippen LogP contribution < -0.4 is 10.9 Å². The standard InChI is InChI=1S/C22H15F3N2O3/c23-22(24,25)17-8-2-3-9-18(17)27-21-16(12-14-6-1-4-10-19(14)30-21)20(28)26-13-15-7-5-11-29-15/h1-12H,13H2,(H,26,28). The molecule has 0 saturated heterocycles. The van der Waals surface area contributed by atoms with E-state index < -0.39 is 17.6 Å². The first kappa shape index (κ1) is 19.5. The Kier molecular flexibility index (Phi) is 5.14. The molecule has 2 aromatic carbocycles. The van der Waals surface area contributed by atoms with Crippen LogP contribution in [0.1, 0.15) is 21.7 Å². The maximum absolute atomic E-state index is 13.4. The number of halogens is 3. The van der Waals surface area contributed by atoms with Crippen molar-refractivity contribution in [1.82, 2.24) is 5.32 Å². The second-order valence-corrected chi connectivity index (χ2v) is 6.39. The largest absolute Gasteiger partial charge is 0.467 e. The van der Waals surface area contributed by atoms with Gasteiger partial charge in [0.25, 0.3) is 5.91 Å². The third-order valence-electron chi connectivity index (χ3n) is 4.34. The number of benzene rings is 2. The number of para-hydroxylation sites is 2. The molecule has 2 aromatic heterocycles. The first-order valence-electron chi connectivity index (χ1n) is 8.96. The Labute approximate surface area is 168 Å². The van der Waals surface area contributed by atoms with Gasteiger partial charge in [0.2, 0.25) is 5.55 Å².